The summed E-state index contributed by atoms with van der Waals surface area (Å²) in [5.41, 5.74) is 7.54. The molecule has 0 saturated carbocycles. The minimum Gasteiger partial charge on any atom is -0.276 e. The van der Waals surface area contributed by atoms with Crippen molar-refractivity contribution in [3.8, 4) is 0 Å². The molecule has 0 amide bonds. The summed E-state index contributed by atoms with van der Waals surface area (Å²) in [6.45, 7) is 12.3. The van der Waals surface area contributed by atoms with E-state index in [0.717, 1.165) is 33.4 Å². The van der Waals surface area contributed by atoms with Crippen LogP contribution in [0.15, 0.2) is 41.6 Å². The molecule has 0 bridgehead atoms. The lowest BCUT2D eigenvalue weighted by Crippen LogP contribution is -2.17. The van der Waals surface area contributed by atoms with Crippen molar-refractivity contribution in [2.24, 2.45) is 0 Å². The predicted octanol–water partition coefficient (Wildman–Crippen LogP) is 4.58. The van der Waals surface area contributed by atoms with Gasteiger partial charge in [-0.1, -0.05) is 24.3 Å². The Hall–Kier alpha value is -2.60. The average molecular weight is 398 g/mol. The Balaban J connectivity index is 1.91. The van der Waals surface area contributed by atoms with Crippen LogP contribution in [0.25, 0.3) is 0 Å². The molecule has 0 aliphatic carbocycles. The molecule has 1 aromatic heterocycles. The minimum absolute atomic E-state index is 0.361. The Morgan fingerprint density at radius 2 is 1.46 bits per heavy atom. The summed E-state index contributed by atoms with van der Waals surface area (Å²) in [5, 5.41) is 4.31. The normalized spacial score (nSPS) is 11.6. The van der Waals surface area contributed by atoms with Gasteiger partial charge in [0.1, 0.15) is 0 Å². The van der Waals surface area contributed by atoms with E-state index in [9.17, 15) is 8.42 Å². The number of aryl methyl sites for hydroxylation is 1. The van der Waals surface area contributed by atoms with Crippen LogP contribution in [0.4, 0.5) is 5.69 Å². The molecule has 0 radical (unpaired) electrons. The first kappa shape index (κ1) is 20.1. The highest BCUT2D eigenvalue weighted by Crippen LogP contribution is 2.30. The van der Waals surface area contributed by atoms with E-state index in [2.05, 4.69) is 22.8 Å². The number of nitrogens with zero attached hydrogens (tertiary/aromatic N) is 2. The van der Waals surface area contributed by atoms with Crippen LogP contribution in [0.2, 0.25) is 0 Å². The van der Waals surface area contributed by atoms with Gasteiger partial charge in [-0.2, -0.15) is 5.10 Å². The molecule has 0 spiro atoms. The molecule has 0 unspecified atom stereocenters. The first-order valence-electron chi connectivity index (χ1n) is 9.28. The molecule has 28 heavy (non-hydrogen) atoms. The van der Waals surface area contributed by atoms with E-state index in [1.165, 1.54) is 5.56 Å². The molecule has 3 aromatic rings. The van der Waals surface area contributed by atoms with Crippen LogP contribution in [-0.2, 0) is 16.6 Å². The second kappa shape index (κ2) is 7.43. The lowest BCUT2D eigenvalue weighted by atomic mass is 9.95. The van der Waals surface area contributed by atoms with Gasteiger partial charge in [0.25, 0.3) is 10.0 Å². The van der Waals surface area contributed by atoms with E-state index in [1.54, 1.807) is 17.1 Å². The number of aromatic nitrogens is 2. The van der Waals surface area contributed by atoms with Gasteiger partial charge in [0.15, 0.2) is 0 Å². The van der Waals surface area contributed by atoms with Gasteiger partial charge in [0, 0.05) is 6.20 Å². The van der Waals surface area contributed by atoms with Crippen molar-refractivity contribution in [1.82, 2.24) is 9.78 Å². The Labute approximate surface area is 167 Å². The smallest absolute Gasteiger partial charge is 0.262 e. The molecule has 0 fully saturated rings. The largest absolute Gasteiger partial charge is 0.276 e. The van der Waals surface area contributed by atoms with Gasteiger partial charge < -0.3 is 0 Å². The van der Waals surface area contributed by atoms with Crippen LogP contribution in [0, 0.1) is 41.5 Å². The van der Waals surface area contributed by atoms with E-state index in [0.29, 0.717) is 17.1 Å². The fourth-order valence-electron chi connectivity index (χ4n) is 3.54. The molecular formula is C22H27N3O2S. The van der Waals surface area contributed by atoms with E-state index >= 15 is 0 Å². The van der Waals surface area contributed by atoms with Crippen molar-refractivity contribution in [2.75, 3.05) is 4.72 Å². The van der Waals surface area contributed by atoms with Gasteiger partial charge in [0.05, 0.1) is 23.3 Å². The molecule has 148 valence electrons. The number of anilines is 1. The second-order valence-corrected chi connectivity index (χ2v) is 9.03. The number of benzene rings is 2. The van der Waals surface area contributed by atoms with Gasteiger partial charge in [-0.05, 0) is 80.5 Å². The Bertz CT molecular complexity index is 1120. The highest BCUT2D eigenvalue weighted by atomic mass is 32.2. The van der Waals surface area contributed by atoms with Gasteiger partial charge in [-0.15, -0.1) is 0 Å². The zero-order valence-electron chi connectivity index (χ0n) is 17.3. The molecular weight excluding hydrogens is 370 g/mol. The van der Waals surface area contributed by atoms with E-state index in [4.69, 9.17) is 0 Å². The van der Waals surface area contributed by atoms with Crippen molar-refractivity contribution in [2.45, 2.75) is 53.0 Å². The lowest BCUT2D eigenvalue weighted by Gasteiger charge is -2.19. The van der Waals surface area contributed by atoms with Crippen molar-refractivity contribution in [1.29, 1.82) is 0 Å². The average Bonchev–Trinajstić information content (AvgIpc) is 3.06. The van der Waals surface area contributed by atoms with Crippen molar-refractivity contribution >= 4 is 15.7 Å². The topological polar surface area (TPSA) is 64.0 Å². The molecule has 2 aromatic carbocycles. The van der Waals surface area contributed by atoms with E-state index < -0.39 is 10.0 Å². The molecule has 6 heteroatoms. The highest BCUT2D eigenvalue weighted by Gasteiger charge is 2.24. The fraction of sp³-hybridized carbons (Fsp3) is 0.318. The third-order valence-corrected chi connectivity index (χ3v) is 7.33. The third-order valence-electron chi connectivity index (χ3n) is 5.68. The minimum atomic E-state index is -3.71. The SMILES string of the molecule is Cc1ccccc1Cn1cc(NS(=O)(=O)c2c(C)c(C)c(C)c(C)c2C)cn1. The van der Waals surface area contributed by atoms with Crippen LogP contribution >= 0.6 is 0 Å². The van der Waals surface area contributed by atoms with Crippen molar-refractivity contribution in [3.05, 3.63) is 75.6 Å². The first-order chi connectivity index (χ1) is 13.1. The summed E-state index contributed by atoms with van der Waals surface area (Å²) in [6, 6.07) is 8.09. The maximum Gasteiger partial charge on any atom is 0.262 e. The van der Waals surface area contributed by atoms with E-state index in [1.807, 2.05) is 52.8 Å². The summed E-state index contributed by atoms with van der Waals surface area (Å²) in [7, 11) is -3.71. The van der Waals surface area contributed by atoms with Crippen molar-refractivity contribution < 1.29 is 8.42 Å². The summed E-state index contributed by atoms with van der Waals surface area (Å²) in [4.78, 5) is 0.361. The molecule has 0 aliphatic heterocycles. The lowest BCUT2D eigenvalue weighted by molar-refractivity contribution is 0.599. The van der Waals surface area contributed by atoms with Crippen LogP contribution in [0.1, 0.15) is 38.9 Å². The molecule has 3 rings (SSSR count). The molecule has 0 atom stereocenters. The number of rotatable bonds is 5. The van der Waals surface area contributed by atoms with E-state index in [-0.39, 0.29) is 0 Å². The Morgan fingerprint density at radius 3 is 2.07 bits per heavy atom. The third kappa shape index (κ3) is 3.69. The Morgan fingerprint density at radius 1 is 0.893 bits per heavy atom. The molecule has 0 aliphatic rings. The van der Waals surface area contributed by atoms with Gasteiger partial charge in [0.2, 0.25) is 0 Å². The second-order valence-electron chi connectivity index (χ2n) is 7.41. The summed E-state index contributed by atoms with van der Waals surface area (Å²) < 4.78 is 30.7. The van der Waals surface area contributed by atoms with Crippen LogP contribution < -0.4 is 4.72 Å². The number of hydrogen-bond acceptors (Lipinski definition) is 3. The maximum atomic E-state index is 13.1. The zero-order chi connectivity index (χ0) is 20.6. The quantitative estimate of drug-likeness (QED) is 0.685. The fourth-order valence-corrected chi connectivity index (χ4v) is 5.17. The first-order valence-corrected chi connectivity index (χ1v) is 10.8. The highest BCUT2D eigenvalue weighted by molar-refractivity contribution is 7.92. The molecule has 1 N–H and O–H groups in total. The molecule has 0 saturated heterocycles. The maximum absolute atomic E-state index is 13.1. The van der Waals surface area contributed by atoms with Crippen LogP contribution in [0.3, 0.4) is 0 Å². The number of hydrogen-bond donors (Lipinski definition) is 1. The monoisotopic (exact) mass is 397 g/mol. The van der Waals surface area contributed by atoms with Gasteiger partial charge in [-0.25, -0.2) is 8.42 Å². The van der Waals surface area contributed by atoms with Crippen LogP contribution in [-0.4, -0.2) is 18.2 Å². The van der Waals surface area contributed by atoms with Gasteiger partial charge in [-0.3, -0.25) is 9.40 Å². The summed E-state index contributed by atoms with van der Waals surface area (Å²) >= 11 is 0. The summed E-state index contributed by atoms with van der Waals surface area (Å²) in [5.74, 6) is 0. The standard InChI is InChI=1S/C22H27N3O2S/c1-14-9-7-8-10-20(14)12-25-13-21(11-23-25)24-28(26,27)22-18(5)16(3)15(2)17(4)19(22)6/h7-11,13,24H,12H2,1-6H3. The van der Waals surface area contributed by atoms with Gasteiger partial charge >= 0.3 is 0 Å². The number of nitrogens with one attached hydrogen (secondary N) is 1. The zero-order valence-corrected chi connectivity index (χ0v) is 18.1. The van der Waals surface area contributed by atoms with Crippen molar-refractivity contribution in [3.63, 3.8) is 0 Å². The summed E-state index contributed by atoms with van der Waals surface area (Å²) in [6.07, 6.45) is 3.27. The molecule has 5 nitrogen and oxygen atoms in total. The number of sulfonamides is 1. The predicted molar refractivity (Wildman–Crippen MR) is 113 cm³/mol. The van der Waals surface area contributed by atoms with Crippen LogP contribution in [0.5, 0.6) is 0 Å². The Kier molecular flexibility index (Phi) is 5.35. The molecule has 1 heterocycles.